The highest BCUT2D eigenvalue weighted by Crippen LogP contribution is 2.38. The van der Waals surface area contributed by atoms with E-state index in [1.165, 1.54) is 44.4 Å². The van der Waals surface area contributed by atoms with Gasteiger partial charge in [0.05, 0.1) is 36.5 Å². The average molecular weight is 785 g/mol. The van der Waals surface area contributed by atoms with E-state index in [4.69, 9.17) is 14.6 Å². The molecule has 15 nitrogen and oxygen atoms in total. The highest BCUT2D eigenvalue weighted by molar-refractivity contribution is 5.90. The van der Waals surface area contributed by atoms with Crippen LogP contribution in [0.5, 0.6) is 5.75 Å². The van der Waals surface area contributed by atoms with Gasteiger partial charge in [-0.1, -0.05) is 13.0 Å². The van der Waals surface area contributed by atoms with E-state index in [1.54, 1.807) is 6.92 Å². The van der Waals surface area contributed by atoms with Gasteiger partial charge < -0.3 is 25.2 Å². The van der Waals surface area contributed by atoms with Crippen LogP contribution in [0, 0.1) is 11.6 Å². The molecule has 1 aromatic heterocycles. The van der Waals surface area contributed by atoms with E-state index >= 15 is 0 Å². The summed E-state index contributed by atoms with van der Waals surface area (Å²) in [5.74, 6) is -6.64. The Morgan fingerprint density at radius 1 is 0.893 bits per heavy atom. The molecule has 0 radical (unpaired) electrons. The van der Waals surface area contributed by atoms with Crippen LogP contribution in [-0.4, -0.2) is 83.9 Å². The smallest absolute Gasteiger partial charge is 0.417 e. The van der Waals surface area contributed by atoms with Crippen molar-refractivity contribution >= 4 is 23.8 Å². The minimum absolute atomic E-state index is 0.00156. The SMILES string of the molecule is CCCOc1ccc(-c2ncc(C(C(=O)OCCC(=O)NC(C)C(=O)NC(C)C(=O)O)n3cc4nc(-c5cccc(F)c5F)nc-4cn3)cn2)c(C(F)(F)F)c1. The molecular formula is C36H33F5N8O7. The number of benzene rings is 2. The summed E-state index contributed by atoms with van der Waals surface area (Å²) < 4.78 is 82.6. The summed E-state index contributed by atoms with van der Waals surface area (Å²) in [5.41, 5.74) is -1.47. The van der Waals surface area contributed by atoms with Gasteiger partial charge in [-0.15, -0.1) is 0 Å². The van der Waals surface area contributed by atoms with E-state index in [9.17, 15) is 41.1 Å². The van der Waals surface area contributed by atoms with Gasteiger partial charge in [0.2, 0.25) is 11.8 Å². The van der Waals surface area contributed by atoms with Gasteiger partial charge in [-0.05, 0) is 50.6 Å². The van der Waals surface area contributed by atoms with E-state index in [0.29, 0.717) is 6.42 Å². The molecule has 2 aromatic carbocycles. The van der Waals surface area contributed by atoms with Gasteiger partial charge in [-0.2, -0.15) is 18.3 Å². The van der Waals surface area contributed by atoms with Crippen LogP contribution in [0.1, 0.15) is 50.8 Å². The minimum atomic E-state index is -4.80. The van der Waals surface area contributed by atoms with E-state index in [0.717, 1.165) is 35.3 Å². The third-order valence-electron chi connectivity index (χ3n) is 8.03. The molecule has 3 unspecified atom stereocenters. The molecule has 5 rings (SSSR count). The Morgan fingerprint density at radius 3 is 2.29 bits per heavy atom. The number of imidazole rings is 1. The Hall–Kier alpha value is -6.60. The number of carboxylic acids is 1. The number of ether oxygens (including phenoxy) is 2. The van der Waals surface area contributed by atoms with Gasteiger partial charge in [-0.3, -0.25) is 19.1 Å². The first-order valence-corrected chi connectivity index (χ1v) is 16.9. The predicted octanol–water partition coefficient (Wildman–Crippen LogP) is 4.60. The monoisotopic (exact) mass is 784 g/mol. The molecule has 2 aliphatic heterocycles. The summed E-state index contributed by atoms with van der Waals surface area (Å²) in [6, 6.07) is 2.92. The number of carboxylic acid groups (broad SMARTS) is 1. The maximum atomic E-state index is 14.5. The molecule has 2 aliphatic rings. The minimum Gasteiger partial charge on any atom is -0.494 e. The number of aliphatic carboxylic acids is 1. The van der Waals surface area contributed by atoms with Crippen molar-refractivity contribution in [2.45, 2.75) is 57.9 Å². The summed E-state index contributed by atoms with van der Waals surface area (Å²) in [4.78, 5) is 66.1. The van der Waals surface area contributed by atoms with Crippen molar-refractivity contribution in [2.75, 3.05) is 13.2 Å². The second kappa shape index (κ2) is 17.2. The van der Waals surface area contributed by atoms with Crippen molar-refractivity contribution in [1.82, 2.24) is 40.3 Å². The maximum absolute atomic E-state index is 14.5. The number of amides is 2. The first-order chi connectivity index (χ1) is 26.6. The van der Waals surface area contributed by atoms with Crippen LogP contribution in [-0.2, 0) is 30.1 Å². The van der Waals surface area contributed by atoms with Crippen molar-refractivity contribution in [1.29, 1.82) is 0 Å². The lowest BCUT2D eigenvalue weighted by molar-refractivity contribution is -0.147. The van der Waals surface area contributed by atoms with Crippen molar-refractivity contribution in [3.05, 3.63) is 83.9 Å². The second-order valence-corrected chi connectivity index (χ2v) is 12.2. The van der Waals surface area contributed by atoms with Crippen LogP contribution >= 0.6 is 0 Å². The van der Waals surface area contributed by atoms with Crippen LogP contribution in [0.15, 0.2) is 61.2 Å². The quantitative estimate of drug-likeness (QED) is 0.0986. The zero-order chi connectivity index (χ0) is 40.7. The van der Waals surface area contributed by atoms with Gasteiger partial charge in [0.25, 0.3) is 0 Å². The standard InChI is InChI=1S/C36H33F5N8O7/c1-4-11-55-21-8-9-22(24(13-21)36(39,40)41)31-42-14-20(15-43-31)30(35(54)56-12-10-28(50)45-18(2)33(51)46-19(3)34(52)53)49-17-27-26(16-44-49)47-32(48-27)23-6-5-7-25(37)29(23)38/h5-9,13-19,30H,4,10-12H2,1-3H3,(H,45,50)(H,46,51)(H,52,53). The van der Waals surface area contributed by atoms with Crippen LogP contribution < -0.4 is 15.4 Å². The highest BCUT2D eigenvalue weighted by Gasteiger charge is 2.35. The third kappa shape index (κ3) is 9.54. The van der Waals surface area contributed by atoms with Crippen LogP contribution in [0.25, 0.3) is 34.2 Å². The molecule has 20 heteroatoms. The van der Waals surface area contributed by atoms with E-state index < -0.39 is 78.3 Å². The normalized spacial score (nSPS) is 13.1. The lowest BCUT2D eigenvalue weighted by Gasteiger charge is -2.19. The van der Waals surface area contributed by atoms with E-state index in [1.807, 2.05) is 0 Å². The van der Waals surface area contributed by atoms with Crippen LogP contribution in [0.2, 0.25) is 0 Å². The average Bonchev–Trinajstić information content (AvgIpc) is 3.58. The largest absolute Gasteiger partial charge is 0.494 e. The number of carbonyl (C=O) groups excluding carboxylic acids is 3. The molecule has 3 N–H and O–H groups in total. The number of alkyl halides is 3. The fraction of sp³-hybridized carbons (Fsp3) is 0.306. The molecule has 3 heterocycles. The van der Waals surface area contributed by atoms with Gasteiger partial charge >= 0.3 is 18.1 Å². The van der Waals surface area contributed by atoms with Gasteiger partial charge in [0, 0.05) is 23.5 Å². The Morgan fingerprint density at radius 2 is 1.61 bits per heavy atom. The fourth-order valence-electron chi connectivity index (χ4n) is 5.16. The number of rotatable bonds is 15. The van der Waals surface area contributed by atoms with Gasteiger partial charge in [0.15, 0.2) is 29.3 Å². The Balaban J connectivity index is 1.43. The summed E-state index contributed by atoms with van der Waals surface area (Å²) in [5, 5.41) is 17.8. The lowest BCUT2D eigenvalue weighted by atomic mass is 10.1. The van der Waals surface area contributed by atoms with E-state index in [-0.39, 0.29) is 52.1 Å². The number of esters is 1. The van der Waals surface area contributed by atoms with Crippen LogP contribution in [0.4, 0.5) is 22.0 Å². The zero-order valence-electron chi connectivity index (χ0n) is 29.8. The molecule has 0 saturated carbocycles. The number of carbonyl (C=O) groups is 4. The summed E-state index contributed by atoms with van der Waals surface area (Å²) >= 11 is 0. The topological polar surface area (TPSA) is 200 Å². The van der Waals surface area contributed by atoms with Crippen molar-refractivity contribution in [3.63, 3.8) is 0 Å². The summed E-state index contributed by atoms with van der Waals surface area (Å²) in [6.07, 6.45) is -0.0708. The summed E-state index contributed by atoms with van der Waals surface area (Å²) in [6.45, 7) is 4.03. The third-order valence-corrected chi connectivity index (χ3v) is 8.03. The highest BCUT2D eigenvalue weighted by atomic mass is 19.4. The van der Waals surface area contributed by atoms with Crippen molar-refractivity contribution < 1.29 is 55.7 Å². The second-order valence-electron chi connectivity index (χ2n) is 12.2. The fourth-order valence-corrected chi connectivity index (χ4v) is 5.16. The lowest BCUT2D eigenvalue weighted by Crippen LogP contribution is -2.49. The summed E-state index contributed by atoms with van der Waals surface area (Å²) in [7, 11) is 0. The van der Waals surface area contributed by atoms with Crippen LogP contribution in [0.3, 0.4) is 0 Å². The first-order valence-electron chi connectivity index (χ1n) is 16.9. The number of fused-ring (bicyclic) bond motifs is 1. The molecule has 56 heavy (non-hydrogen) atoms. The molecule has 3 aromatic rings. The molecule has 0 spiro atoms. The van der Waals surface area contributed by atoms with E-state index in [2.05, 4.69) is 35.7 Å². The number of hydrogen-bond donors (Lipinski definition) is 3. The predicted molar refractivity (Wildman–Crippen MR) is 185 cm³/mol. The zero-order valence-corrected chi connectivity index (χ0v) is 29.8. The molecule has 0 saturated heterocycles. The Bertz CT molecular complexity index is 2200. The van der Waals surface area contributed by atoms with Crippen molar-refractivity contribution in [2.24, 2.45) is 0 Å². The molecule has 0 bridgehead atoms. The molecule has 0 aliphatic carbocycles. The molecule has 2 amide bonds. The van der Waals surface area contributed by atoms with Gasteiger partial charge in [0.1, 0.15) is 35.8 Å². The molecule has 0 fully saturated rings. The first kappa shape index (κ1) is 40.6. The number of hydrogen-bond acceptors (Lipinski definition) is 11. The Kier molecular flexibility index (Phi) is 12.5. The number of nitrogens with zero attached hydrogens (tertiary/aromatic N) is 6. The number of nitrogens with one attached hydrogen (secondary N) is 2. The molecular weight excluding hydrogens is 751 g/mol. The number of halogens is 5. The van der Waals surface area contributed by atoms with Gasteiger partial charge in [-0.25, -0.2) is 33.5 Å². The molecule has 294 valence electrons. The molecule has 3 atom stereocenters. The maximum Gasteiger partial charge on any atom is 0.417 e. The van der Waals surface area contributed by atoms with Crippen molar-refractivity contribution in [3.8, 4) is 39.9 Å². The Labute approximate surface area is 314 Å². The number of aromatic nitrogens is 6.